The van der Waals surface area contributed by atoms with E-state index >= 15 is 0 Å². The van der Waals surface area contributed by atoms with E-state index in [9.17, 15) is 10.1 Å². The SMILES string of the molecule is CC1(C)CC(Nc2ccc(Cl)cc2[N+](=O)[O-])CC(C)(C)C1. The molecule has 1 N–H and O–H groups in total. The molecule has 21 heavy (non-hydrogen) atoms. The normalized spacial score (nSPS) is 21.0. The quantitative estimate of drug-likeness (QED) is 0.611. The van der Waals surface area contributed by atoms with E-state index in [-0.39, 0.29) is 27.5 Å². The fourth-order valence-corrected chi connectivity index (χ4v) is 4.11. The molecule has 1 saturated carbocycles. The maximum Gasteiger partial charge on any atom is 0.293 e. The van der Waals surface area contributed by atoms with Gasteiger partial charge in [-0.2, -0.15) is 0 Å². The Balaban J connectivity index is 2.24. The van der Waals surface area contributed by atoms with Crippen LogP contribution in [-0.2, 0) is 0 Å². The Hall–Kier alpha value is -1.29. The first-order chi connectivity index (χ1) is 9.58. The van der Waals surface area contributed by atoms with Crippen LogP contribution < -0.4 is 5.32 Å². The van der Waals surface area contributed by atoms with Crippen molar-refractivity contribution in [3.8, 4) is 0 Å². The lowest BCUT2D eigenvalue weighted by Gasteiger charge is -2.45. The van der Waals surface area contributed by atoms with Crippen LogP contribution in [0.15, 0.2) is 18.2 Å². The molecular weight excluding hydrogens is 288 g/mol. The average Bonchev–Trinajstić information content (AvgIpc) is 2.27. The lowest BCUT2D eigenvalue weighted by Crippen LogP contribution is -2.40. The van der Waals surface area contributed by atoms with Crippen LogP contribution in [0.3, 0.4) is 0 Å². The molecule has 0 radical (unpaired) electrons. The zero-order valence-corrected chi connectivity index (χ0v) is 13.8. The summed E-state index contributed by atoms with van der Waals surface area (Å²) in [5, 5.41) is 14.9. The van der Waals surface area contributed by atoms with Crippen LogP contribution in [0, 0.1) is 20.9 Å². The molecule has 1 aliphatic carbocycles. The molecule has 4 nitrogen and oxygen atoms in total. The molecule has 0 atom stereocenters. The highest BCUT2D eigenvalue weighted by Gasteiger charge is 2.38. The Labute approximate surface area is 131 Å². The summed E-state index contributed by atoms with van der Waals surface area (Å²) in [5.74, 6) is 0. The number of nitrogens with one attached hydrogen (secondary N) is 1. The van der Waals surface area contributed by atoms with Gasteiger partial charge in [-0.3, -0.25) is 10.1 Å². The van der Waals surface area contributed by atoms with E-state index in [0.717, 1.165) is 12.8 Å². The largest absolute Gasteiger partial charge is 0.377 e. The van der Waals surface area contributed by atoms with Gasteiger partial charge in [-0.1, -0.05) is 39.3 Å². The molecule has 2 rings (SSSR count). The molecule has 0 spiro atoms. The van der Waals surface area contributed by atoms with Crippen LogP contribution in [0.4, 0.5) is 11.4 Å². The zero-order chi connectivity index (χ0) is 15.8. The zero-order valence-electron chi connectivity index (χ0n) is 13.1. The number of rotatable bonds is 3. The first-order valence-electron chi connectivity index (χ1n) is 7.29. The first-order valence-corrected chi connectivity index (χ1v) is 7.66. The standard InChI is InChI=1S/C16H23ClN2O2/c1-15(2)8-12(9-16(3,4)10-15)18-13-6-5-11(17)7-14(13)19(20)21/h5-7,12,18H,8-10H2,1-4H3. The molecule has 0 bridgehead atoms. The molecule has 1 aliphatic rings. The fourth-order valence-electron chi connectivity index (χ4n) is 3.95. The van der Waals surface area contributed by atoms with Crippen LogP contribution in [0.2, 0.25) is 5.02 Å². The number of nitro groups is 1. The molecule has 0 heterocycles. The predicted octanol–water partition coefficient (Wildman–Crippen LogP) is 5.27. The molecule has 1 fully saturated rings. The van der Waals surface area contributed by atoms with Crippen molar-refractivity contribution in [3.63, 3.8) is 0 Å². The van der Waals surface area contributed by atoms with Crippen LogP contribution >= 0.6 is 11.6 Å². The summed E-state index contributed by atoms with van der Waals surface area (Å²) >= 11 is 5.86. The summed E-state index contributed by atoms with van der Waals surface area (Å²) in [6.45, 7) is 9.05. The number of hydrogen-bond acceptors (Lipinski definition) is 3. The van der Waals surface area contributed by atoms with E-state index in [4.69, 9.17) is 11.6 Å². The van der Waals surface area contributed by atoms with Gasteiger partial charge < -0.3 is 5.32 Å². The lowest BCUT2D eigenvalue weighted by atomic mass is 9.63. The summed E-state index contributed by atoms with van der Waals surface area (Å²) < 4.78 is 0. The van der Waals surface area contributed by atoms with Crippen molar-refractivity contribution < 1.29 is 4.92 Å². The Kier molecular flexibility index (Phi) is 4.20. The van der Waals surface area contributed by atoms with Crippen molar-refractivity contribution in [2.45, 2.75) is 53.0 Å². The summed E-state index contributed by atoms with van der Waals surface area (Å²) in [7, 11) is 0. The summed E-state index contributed by atoms with van der Waals surface area (Å²) in [4.78, 5) is 10.8. The number of anilines is 1. The van der Waals surface area contributed by atoms with Gasteiger partial charge >= 0.3 is 0 Å². The van der Waals surface area contributed by atoms with E-state index in [1.807, 2.05) is 0 Å². The Morgan fingerprint density at radius 2 is 1.81 bits per heavy atom. The fraction of sp³-hybridized carbons (Fsp3) is 0.625. The summed E-state index contributed by atoms with van der Waals surface area (Å²) in [5.41, 5.74) is 1.08. The molecule has 116 valence electrons. The van der Waals surface area contributed by atoms with Crippen molar-refractivity contribution in [2.24, 2.45) is 10.8 Å². The van der Waals surface area contributed by atoms with E-state index in [1.54, 1.807) is 12.1 Å². The third kappa shape index (κ3) is 4.10. The van der Waals surface area contributed by atoms with E-state index in [2.05, 4.69) is 33.0 Å². The lowest BCUT2D eigenvalue weighted by molar-refractivity contribution is -0.384. The second-order valence-corrected chi connectivity index (χ2v) is 8.11. The van der Waals surface area contributed by atoms with Crippen molar-refractivity contribution in [1.82, 2.24) is 0 Å². The molecule has 1 aromatic carbocycles. The molecular formula is C16H23ClN2O2. The minimum absolute atomic E-state index is 0.0451. The highest BCUT2D eigenvalue weighted by Crippen LogP contribution is 2.46. The van der Waals surface area contributed by atoms with Gasteiger partial charge in [-0.05, 0) is 42.2 Å². The van der Waals surface area contributed by atoms with Crippen LogP contribution in [0.1, 0.15) is 47.0 Å². The maximum atomic E-state index is 11.2. The van der Waals surface area contributed by atoms with E-state index in [1.165, 1.54) is 12.5 Å². The number of nitrogens with zero attached hydrogens (tertiary/aromatic N) is 1. The Morgan fingerprint density at radius 1 is 1.24 bits per heavy atom. The number of benzene rings is 1. The van der Waals surface area contributed by atoms with Gasteiger partial charge in [0, 0.05) is 17.1 Å². The molecule has 1 aromatic rings. The highest BCUT2D eigenvalue weighted by molar-refractivity contribution is 6.30. The molecule has 0 unspecified atom stereocenters. The van der Waals surface area contributed by atoms with Gasteiger partial charge in [0.2, 0.25) is 0 Å². The van der Waals surface area contributed by atoms with Gasteiger partial charge in [-0.15, -0.1) is 0 Å². The van der Waals surface area contributed by atoms with E-state index < -0.39 is 0 Å². The number of hydrogen-bond donors (Lipinski definition) is 1. The van der Waals surface area contributed by atoms with Crippen molar-refractivity contribution >= 4 is 23.0 Å². The highest BCUT2D eigenvalue weighted by atomic mass is 35.5. The van der Waals surface area contributed by atoms with Gasteiger partial charge in [0.05, 0.1) is 4.92 Å². The number of nitro benzene ring substituents is 1. The van der Waals surface area contributed by atoms with Crippen LogP contribution in [0.5, 0.6) is 0 Å². The minimum Gasteiger partial charge on any atom is -0.377 e. The first kappa shape index (κ1) is 16.1. The third-order valence-electron chi connectivity index (χ3n) is 4.07. The Bertz CT molecular complexity index is 539. The molecule has 5 heteroatoms. The summed E-state index contributed by atoms with van der Waals surface area (Å²) in [6.07, 6.45) is 3.19. The molecule has 0 saturated heterocycles. The van der Waals surface area contributed by atoms with Crippen LogP contribution in [0.25, 0.3) is 0 Å². The maximum absolute atomic E-state index is 11.2. The van der Waals surface area contributed by atoms with Gasteiger partial charge in [-0.25, -0.2) is 0 Å². The molecule has 0 amide bonds. The third-order valence-corrected chi connectivity index (χ3v) is 4.31. The van der Waals surface area contributed by atoms with Crippen LogP contribution in [-0.4, -0.2) is 11.0 Å². The van der Waals surface area contributed by atoms with Gasteiger partial charge in [0.25, 0.3) is 5.69 Å². The Morgan fingerprint density at radius 3 is 2.33 bits per heavy atom. The minimum atomic E-state index is -0.382. The number of halogens is 1. The van der Waals surface area contributed by atoms with Crippen molar-refractivity contribution in [3.05, 3.63) is 33.3 Å². The van der Waals surface area contributed by atoms with E-state index in [0.29, 0.717) is 10.7 Å². The predicted molar refractivity (Wildman–Crippen MR) is 86.9 cm³/mol. The van der Waals surface area contributed by atoms with Gasteiger partial charge in [0.1, 0.15) is 5.69 Å². The smallest absolute Gasteiger partial charge is 0.293 e. The molecule has 0 aromatic heterocycles. The monoisotopic (exact) mass is 310 g/mol. The molecule has 0 aliphatic heterocycles. The van der Waals surface area contributed by atoms with Crippen molar-refractivity contribution in [2.75, 3.05) is 5.32 Å². The average molecular weight is 311 g/mol. The van der Waals surface area contributed by atoms with Crippen molar-refractivity contribution in [1.29, 1.82) is 0 Å². The second-order valence-electron chi connectivity index (χ2n) is 7.67. The van der Waals surface area contributed by atoms with Gasteiger partial charge in [0.15, 0.2) is 0 Å². The summed E-state index contributed by atoms with van der Waals surface area (Å²) in [6, 6.07) is 5.04. The topological polar surface area (TPSA) is 55.2 Å². The second kappa shape index (κ2) is 5.48.